The molecule has 0 bridgehead atoms. The summed E-state index contributed by atoms with van der Waals surface area (Å²) in [5.74, 6) is 0.906. The Bertz CT molecular complexity index is 811. The standard InChI is InChI=1S/C15H18N8O/c1-3-12(14-16-9-17-23(14)4-2)18-15(24)11-8-6-5-7-10(11)13-19-21-22-20-13/h5-9,12H,3-4H2,1-2H3,(H,18,24)(H,19,20,21,22)/t12-/m1/s1. The van der Waals surface area contributed by atoms with Gasteiger partial charge in [0, 0.05) is 12.1 Å². The Kier molecular flexibility index (Phi) is 4.59. The Balaban J connectivity index is 1.87. The van der Waals surface area contributed by atoms with Gasteiger partial charge in [-0.25, -0.2) is 9.67 Å². The summed E-state index contributed by atoms with van der Waals surface area (Å²) in [5, 5.41) is 21.0. The number of carbonyl (C=O) groups is 1. The molecule has 0 radical (unpaired) electrons. The normalized spacial score (nSPS) is 12.1. The van der Waals surface area contributed by atoms with E-state index in [2.05, 4.69) is 36.0 Å². The first-order valence-electron chi connectivity index (χ1n) is 7.76. The molecule has 2 heterocycles. The van der Waals surface area contributed by atoms with Gasteiger partial charge in [0.15, 0.2) is 0 Å². The lowest BCUT2D eigenvalue weighted by molar-refractivity contribution is 0.0933. The van der Waals surface area contributed by atoms with Crippen molar-refractivity contribution in [3.63, 3.8) is 0 Å². The van der Waals surface area contributed by atoms with E-state index < -0.39 is 0 Å². The first-order valence-corrected chi connectivity index (χ1v) is 7.76. The van der Waals surface area contributed by atoms with E-state index in [0.29, 0.717) is 29.9 Å². The van der Waals surface area contributed by atoms with E-state index in [0.717, 1.165) is 5.82 Å². The zero-order chi connectivity index (χ0) is 16.9. The summed E-state index contributed by atoms with van der Waals surface area (Å²) in [4.78, 5) is 17.0. The summed E-state index contributed by atoms with van der Waals surface area (Å²) in [5.41, 5.74) is 1.11. The predicted octanol–water partition coefficient (Wildman–Crippen LogP) is 1.36. The number of carbonyl (C=O) groups excluding carboxylic acids is 1. The molecule has 1 aromatic carbocycles. The molecule has 0 spiro atoms. The molecule has 9 heteroatoms. The summed E-state index contributed by atoms with van der Waals surface area (Å²) in [7, 11) is 0. The number of aryl methyl sites for hydroxylation is 1. The summed E-state index contributed by atoms with van der Waals surface area (Å²) < 4.78 is 1.78. The molecule has 1 atom stereocenters. The smallest absolute Gasteiger partial charge is 0.252 e. The van der Waals surface area contributed by atoms with Crippen LogP contribution in [0, 0.1) is 0 Å². The fourth-order valence-electron chi connectivity index (χ4n) is 2.52. The number of nitrogens with one attached hydrogen (secondary N) is 2. The Hall–Kier alpha value is -3.10. The van der Waals surface area contributed by atoms with Crippen LogP contribution < -0.4 is 5.32 Å². The quantitative estimate of drug-likeness (QED) is 0.707. The van der Waals surface area contributed by atoms with Crippen LogP contribution in [0.4, 0.5) is 0 Å². The van der Waals surface area contributed by atoms with Crippen LogP contribution in [0.2, 0.25) is 0 Å². The summed E-state index contributed by atoms with van der Waals surface area (Å²) in [6.45, 7) is 4.67. The molecule has 0 fully saturated rings. The van der Waals surface area contributed by atoms with Crippen LogP contribution in [-0.2, 0) is 6.54 Å². The van der Waals surface area contributed by atoms with Crippen LogP contribution in [0.25, 0.3) is 11.4 Å². The number of H-pyrrole nitrogens is 1. The van der Waals surface area contributed by atoms with E-state index in [4.69, 9.17) is 0 Å². The van der Waals surface area contributed by atoms with Crippen LogP contribution in [0.3, 0.4) is 0 Å². The van der Waals surface area contributed by atoms with Gasteiger partial charge in [-0.05, 0) is 24.6 Å². The maximum Gasteiger partial charge on any atom is 0.252 e. The number of hydrogen-bond acceptors (Lipinski definition) is 6. The highest BCUT2D eigenvalue weighted by atomic mass is 16.1. The van der Waals surface area contributed by atoms with E-state index in [1.54, 1.807) is 22.9 Å². The largest absolute Gasteiger partial charge is 0.342 e. The van der Waals surface area contributed by atoms with Crippen LogP contribution in [0.15, 0.2) is 30.6 Å². The van der Waals surface area contributed by atoms with E-state index in [1.165, 1.54) is 6.33 Å². The van der Waals surface area contributed by atoms with Crippen molar-refractivity contribution < 1.29 is 4.79 Å². The van der Waals surface area contributed by atoms with Crippen molar-refractivity contribution in [2.24, 2.45) is 0 Å². The van der Waals surface area contributed by atoms with Gasteiger partial charge in [-0.1, -0.05) is 25.1 Å². The zero-order valence-electron chi connectivity index (χ0n) is 13.5. The predicted molar refractivity (Wildman–Crippen MR) is 85.8 cm³/mol. The van der Waals surface area contributed by atoms with Crippen LogP contribution >= 0.6 is 0 Å². The molecular weight excluding hydrogens is 308 g/mol. The second-order valence-electron chi connectivity index (χ2n) is 5.15. The van der Waals surface area contributed by atoms with Crippen molar-refractivity contribution in [3.8, 4) is 11.4 Å². The zero-order valence-corrected chi connectivity index (χ0v) is 13.5. The van der Waals surface area contributed by atoms with Crippen molar-refractivity contribution in [3.05, 3.63) is 42.0 Å². The number of tetrazole rings is 1. The molecule has 0 aliphatic rings. The highest BCUT2D eigenvalue weighted by molar-refractivity contribution is 6.00. The average molecular weight is 326 g/mol. The van der Waals surface area contributed by atoms with Gasteiger partial charge >= 0.3 is 0 Å². The molecule has 3 aromatic rings. The molecular formula is C15H18N8O. The Morgan fingerprint density at radius 3 is 2.88 bits per heavy atom. The third-order valence-electron chi connectivity index (χ3n) is 3.73. The molecule has 0 saturated heterocycles. The lowest BCUT2D eigenvalue weighted by atomic mass is 10.1. The van der Waals surface area contributed by atoms with Gasteiger partial charge in [-0.2, -0.15) is 10.3 Å². The highest BCUT2D eigenvalue weighted by Crippen LogP contribution is 2.21. The van der Waals surface area contributed by atoms with E-state index in [1.807, 2.05) is 19.9 Å². The molecule has 2 N–H and O–H groups in total. The average Bonchev–Trinajstić information content (AvgIpc) is 3.30. The third-order valence-corrected chi connectivity index (χ3v) is 3.73. The van der Waals surface area contributed by atoms with Crippen molar-refractivity contribution in [1.29, 1.82) is 0 Å². The van der Waals surface area contributed by atoms with Gasteiger partial charge in [0.05, 0.1) is 11.6 Å². The number of hydrogen-bond donors (Lipinski definition) is 2. The maximum atomic E-state index is 12.8. The van der Waals surface area contributed by atoms with Crippen LogP contribution in [0.1, 0.15) is 42.5 Å². The van der Waals surface area contributed by atoms with Gasteiger partial charge < -0.3 is 5.32 Å². The van der Waals surface area contributed by atoms with Crippen molar-refractivity contribution in [2.75, 3.05) is 0 Å². The summed E-state index contributed by atoms with van der Waals surface area (Å²) in [6.07, 6.45) is 2.20. The number of aromatic nitrogens is 7. The topological polar surface area (TPSA) is 114 Å². The minimum absolute atomic E-state index is 0.215. The minimum Gasteiger partial charge on any atom is -0.342 e. The minimum atomic E-state index is -0.224. The van der Waals surface area contributed by atoms with Crippen molar-refractivity contribution >= 4 is 5.91 Å². The fourth-order valence-corrected chi connectivity index (χ4v) is 2.52. The van der Waals surface area contributed by atoms with E-state index in [-0.39, 0.29) is 11.9 Å². The van der Waals surface area contributed by atoms with Crippen molar-refractivity contribution in [1.82, 2.24) is 40.7 Å². The van der Waals surface area contributed by atoms with Crippen LogP contribution in [-0.4, -0.2) is 41.3 Å². The highest BCUT2D eigenvalue weighted by Gasteiger charge is 2.21. The number of nitrogens with zero attached hydrogens (tertiary/aromatic N) is 6. The Morgan fingerprint density at radius 1 is 1.33 bits per heavy atom. The molecule has 0 saturated carbocycles. The second-order valence-corrected chi connectivity index (χ2v) is 5.15. The van der Waals surface area contributed by atoms with E-state index in [9.17, 15) is 4.79 Å². The summed E-state index contributed by atoms with van der Waals surface area (Å²) >= 11 is 0. The maximum absolute atomic E-state index is 12.8. The van der Waals surface area contributed by atoms with Gasteiger partial charge in [-0.15, -0.1) is 10.2 Å². The second kappa shape index (κ2) is 6.99. The molecule has 124 valence electrons. The first-order chi connectivity index (χ1) is 11.7. The molecule has 3 rings (SSSR count). The number of aromatic amines is 1. The fraction of sp³-hybridized carbons (Fsp3) is 0.333. The molecule has 0 unspecified atom stereocenters. The molecule has 9 nitrogen and oxygen atoms in total. The van der Waals surface area contributed by atoms with Gasteiger partial charge in [0.2, 0.25) is 5.82 Å². The molecule has 0 aliphatic carbocycles. The monoisotopic (exact) mass is 326 g/mol. The third kappa shape index (κ3) is 3.00. The van der Waals surface area contributed by atoms with Gasteiger partial charge in [0.1, 0.15) is 12.2 Å². The van der Waals surface area contributed by atoms with Gasteiger partial charge in [0.25, 0.3) is 5.91 Å². The molecule has 1 amide bonds. The van der Waals surface area contributed by atoms with Crippen LogP contribution in [0.5, 0.6) is 0 Å². The number of rotatable bonds is 6. The lowest BCUT2D eigenvalue weighted by Crippen LogP contribution is -2.30. The number of amides is 1. The SMILES string of the molecule is CC[C@@H](NC(=O)c1ccccc1-c1nn[nH]n1)c1ncnn1CC. The van der Waals surface area contributed by atoms with Crippen molar-refractivity contribution in [2.45, 2.75) is 32.9 Å². The number of benzene rings is 1. The Labute approximate surface area is 138 Å². The first kappa shape index (κ1) is 15.8. The van der Waals surface area contributed by atoms with E-state index >= 15 is 0 Å². The lowest BCUT2D eigenvalue weighted by Gasteiger charge is -2.17. The summed E-state index contributed by atoms with van der Waals surface area (Å²) in [6, 6.07) is 6.92. The molecule has 0 aliphatic heterocycles. The van der Waals surface area contributed by atoms with Gasteiger partial charge in [-0.3, -0.25) is 4.79 Å². The molecule has 2 aromatic heterocycles. The molecule has 24 heavy (non-hydrogen) atoms. The Morgan fingerprint density at radius 2 is 2.17 bits per heavy atom.